The van der Waals surface area contributed by atoms with Crippen molar-refractivity contribution in [3.63, 3.8) is 0 Å². The van der Waals surface area contributed by atoms with E-state index in [1.807, 2.05) is 24.3 Å². The molecule has 2 aromatic carbocycles. The Bertz CT molecular complexity index is 824. The van der Waals surface area contributed by atoms with Gasteiger partial charge >= 0.3 is 6.03 Å². The molecular weight excluding hydrogens is 373 g/mol. The number of rotatable bonds is 8. The lowest BCUT2D eigenvalue weighted by Crippen LogP contribution is -2.39. The predicted octanol–water partition coefficient (Wildman–Crippen LogP) is 2.72. The molecule has 0 bridgehead atoms. The van der Waals surface area contributed by atoms with Crippen molar-refractivity contribution < 1.29 is 18.7 Å². The standard InChI is InChI=1S/C22H26FN3O3/c1-29-20-8-4-16(5-9-20)10-11-24-22(28)25-13-18-12-21(27)26(15-18)14-17-2-6-19(23)7-3-17/h2-9,18H,10-15H2,1H3,(H2,24,25,28)/t18-/m1/s1. The Morgan fingerprint density at radius 3 is 2.48 bits per heavy atom. The van der Waals surface area contributed by atoms with Crippen molar-refractivity contribution >= 4 is 11.9 Å². The molecule has 0 spiro atoms. The fourth-order valence-electron chi connectivity index (χ4n) is 3.37. The van der Waals surface area contributed by atoms with E-state index in [4.69, 9.17) is 4.74 Å². The zero-order chi connectivity index (χ0) is 20.6. The lowest BCUT2D eigenvalue weighted by Gasteiger charge is -2.17. The van der Waals surface area contributed by atoms with Crippen LogP contribution in [0, 0.1) is 11.7 Å². The quantitative estimate of drug-likeness (QED) is 0.717. The molecule has 1 atom stereocenters. The molecule has 3 amide bonds. The number of carbonyl (C=O) groups excluding carboxylic acids is 2. The van der Waals surface area contributed by atoms with E-state index in [2.05, 4.69) is 10.6 Å². The number of carbonyl (C=O) groups is 2. The van der Waals surface area contributed by atoms with Crippen LogP contribution in [0.5, 0.6) is 5.75 Å². The number of nitrogens with one attached hydrogen (secondary N) is 2. The summed E-state index contributed by atoms with van der Waals surface area (Å²) < 4.78 is 18.1. The number of urea groups is 1. The van der Waals surface area contributed by atoms with E-state index < -0.39 is 0 Å². The highest BCUT2D eigenvalue weighted by Crippen LogP contribution is 2.19. The van der Waals surface area contributed by atoms with Gasteiger partial charge in [0.25, 0.3) is 0 Å². The summed E-state index contributed by atoms with van der Waals surface area (Å²) in [6, 6.07) is 13.7. The first-order chi connectivity index (χ1) is 14.0. The Balaban J connectivity index is 1.35. The van der Waals surface area contributed by atoms with Gasteiger partial charge in [-0.3, -0.25) is 4.79 Å². The molecule has 6 nitrogen and oxygen atoms in total. The second-order valence-corrected chi connectivity index (χ2v) is 7.21. The summed E-state index contributed by atoms with van der Waals surface area (Å²) in [5.41, 5.74) is 2.01. The summed E-state index contributed by atoms with van der Waals surface area (Å²) in [7, 11) is 1.63. The minimum absolute atomic E-state index is 0.0565. The van der Waals surface area contributed by atoms with E-state index >= 15 is 0 Å². The highest BCUT2D eigenvalue weighted by molar-refractivity contribution is 5.79. The molecule has 0 aliphatic carbocycles. The van der Waals surface area contributed by atoms with E-state index in [9.17, 15) is 14.0 Å². The third-order valence-electron chi connectivity index (χ3n) is 4.99. The smallest absolute Gasteiger partial charge is 0.314 e. The van der Waals surface area contributed by atoms with Crippen molar-refractivity contribution in [1.29, 1.82) is 0 Å². The number of amides is 3. The summed E-state index contributed by atoms with van der Waals surface area (Å²) in [4.78, 5) is 25.9. The van der Waals surface area contributed by atoms with Gasteiger partial charge in [-0.15, -0.1) is 0 Å². The van der Waals surface area contributed by atoms with Crippen LogP contribution in [0.25, 0.3) is 0 Å². The van der Waals surface area contributed by atoms with E-state index in [0.29, 0.717) is 32.6 Å². The summed E-state index contributed by atoms with van der Waals surface area (Å²) in [5, 5.41) is 5.68. The average Bonchev–Trinajstić information content (AvgIpc) is 3.08. The zero-order valence-electron chi connectivity index (χ0n) is 16.5. The molecule has 154 valence electrons. The zero-order valence-corrected chi connectivity index (χ0v) is 16.5. The maximum absolute atomic E-state index is 13.0. The third-order valence-corrected chi connectivity index (χ3v) is 4.99. The van der Waals surface area contributed by atoms with Crippen LogP contribution in [0.1, 0.15) is 17.5 Å². The second-order valence-electron chi connectivity index (χ2n) is 7.21. The molecule has 1 saturated heterocycles. The first-order valence-electron chi connectivity index (χ1n) is 9.70. The maximum Gasteiger partial charge on any atom is 0.314 e. The van der Waals surface area contributed by atoms with Gasteiger partial charge in [-0.1, -0.05) is 24.3 Å². The monoisotopic (exact) mass is 399 g/mol. The van der Waals surface area contributed by atoms with Crippen LogP contribution in [0.4, 0.5) is 9.18 Å². The molecule has 2 N–H and O–H groups in total. The second kappa shape index (κ2) is 9.91. The molecular formula is C22H26FN3O3. The van der Waals surface area contributed by atoms with Gasteiger partial charge in [0.2, 0.25) is 5.91 Å². The van der Waals surface area contributed by atoms with Gasteiger partial charge < -0.3 is 20.3 Å². The van der Waals surface area contributed by atoms with Crippen molar-refractivity contribution in [2.75, 3.05) is 26.7 Å². The largest absolute Gasteiger partial charge is 0.497 e. The first kappa shape index (κ1) is 20.6. The van der Waals surface area contributed by atoms with Gasteiger partial charge in [-0.05, 0) is 41.8 Å². The van der Waals surface area contributed by atoms with Crippen molar-refractivity contribution in [2.24, 2.45) is 5.92 Å². The Kier molecular flexibility index (Phi) is 7.05. The molecule has 1 heterocycles. The number of likely N-dealkylation sites (tertiary alicyclic amines) is 1. The van der Waals surface area contributed by atoms with Crippen LogP contribution < -0.4 is 15.4 Å². The van der Waals surface area contributed by atoms with E-state index in [1.165, 1.54) is 12.1 Å². The van der Waals surface area contributed by atoms with Crippen LogP contribution >= 0.6 is 0 Å². The molecule has 29 heavy (non-hydrogen) atoms. The van der Waals surface area contributed by atoms with Crippen molar-refractivity contribution in [3.05, 3.63) is 65.5 Å². The number of methoxy groups -OCH3 is 1. The normalized spacial score (nSPS) is 16.0. The Morgan fingerprint density at radius 2 is 1.79 bits per heavy atom. The minimum Gasteiger partial charge on any atom is -0.497 e. The molecule has 1 aliphatic heterocycles. The molecule has 1 aliphatic rings. The van der Waals surface area contributed by atoms with E-state index in [0.717, 1.165) is 23.3 Å². The number of halogens is 1. The fourth-order valence-corrected chi connectivity index (χ4v) is 3.37. The molecule has 0 saturated carbocycles. The predicted molar refractivity (Wildman–Crippen MR) is 108 cm³/mol. The van der Waals surface area contributed by atoms with Gasteiger partial charge in [0, 0.05) is 38.5 Å². The Morgan fingerprint density at radius 1 is 1.10 bits per heavy atom. The van der Waals surface area contributed by atoms with Crippen molar-refractivity contribution in [2.45, 2.75) is 19.4 Å². The van der Waals surface area contributed by atoms with Crippen molar-refractivity contribution in [1.82, 2.24) is 15.5 Å². The number of benzene rings is 2. The summed E-state index contributed by atoms with van der Waals surface area (Å²) in [6.07, 6.45) is 1.14. The highest BCUT2D eigenvalue weighted by Gasteiger charge is 2.29. The van der Waals surface area contributed by atoms with Crippen LogP contribution in [0.3, 0.4) is 0 Å². The van der Waals surface area contributed by atoms with E-state index in [-0.39, 0.29) is 23.7 Å². The maximum atomic E-state index is 13.0. The minimum atomic E-state index is -0.290. The first-order valence-corrected chi connectivity index (χ1v) is 9.70. The number of hydrogen-bond donors (Lipinski definition) is 2. The molecule has 0 radical (unpaired) electrons. The average molecular weight is 399 g/mol. The molecule has 0 aromatic heterocycles. The Hall–Kier alpha value is -3.09. The lowest BCUT2D eigenvalue weighted by molar-refractivity contribution is -0.128. The number of hydrogen-bond acceptors (Lipinski definition) is 3. The van der Waals surface area contributed by atoms with Gasteiger partial charge in [-0.25, -0.2) is 9.18 Å². The van der Waals surface area contributed by atoms with Gasteiger partial charge in [0.05, 0.1) is 7.11 Å². The molecule has 3 rings (SSSR count). The summed E-state index contributed by atoms with van der Waals surface area (Å²) in [5.74, 6) is 0.650. The number of nitrogens with zero attached hydrogens (tertiary/aromatic N) is 1. The van der Waals surface area contributed by atoms with Gasteiger partial charge in [-0.2, -0.15) is 0 Å². The molecule has 7 heteroatoms. The lowest BCUT2D eigenvalue weighted by atomic mass is 10.1. The SMILES string of the molecule is COc1ccc(CCNC(=O)NC[C@H]2CC(=O)N(Cc3ccc(F)cc3)C2)cc1. The fraction of sp³-hybridized carbons (Fsp3) is 0.364. The van der Waals surface area contributed by atoms with Gasteiger partial charge in [0.1, 0.15) is 11.6 Å². The van der Waals surface area contributed by atoms with Crippen LogP contribution in [-0.4, -0.2) is 43.6 Å². The highest BCUT2D eigenvalue weighted by atomic mass is 19.1. The summed E-state index contributed by atoms with van der Waals surface area (Å²) in [6.45, 7) is 2.02. The molecule has 1 fully saturated rings. The third kappa shape index (κ3) is 6.20. The van der Waals surface area contributed by atoms with Gasteiger partial charge in [0.15, 0.2) is 0 Å². The Labute approximate surface area is 170 Å². The van der Waals surface area contributed by atoms with Crippen molar-refractivity contribution in [3.8, 4) is 5.75 Å². The molecule has 0 unspecified atom stereocenters. The van der Waals surface area contributed by atoms with Crippen LogP contribution in [0.2, 0.25) is 0 Å². The molecule has 2 aromatic rings. The van der Waals surface area contributed by atoms with E-state index in [1.54, 1.807) is 24.1 Å². The number of ether oxygens (including phenoxy) is 1. The summed E-state index contributed by atoms with van der Waals surface area (Å²) >= 11 is 0. The topological polar surface area (TPSA) is 70.7 Å². The van der Waals surface area contributed by atoms with Crippen LogP contribution in [-0.2, 0) is 17.8 Å². The van der Waals surface area contributed by atoms with Crippen LogP contribution in [0.15, 0.2) is 48.5 Å².